The van der Waals surface area contributed by atoms with Crippen molar-refractivity contribution in [2.45, 2.75) is 6.42 Å². The van der Waals surface area contributed by atoms with Gasteiger partial charge in [0.2, 0.25) is 0 Å². The summed E-state index contributed by atoms with van der Waals surface area (Å²) >= 11 is 0. The number of anilines is 1. The lowest BCUT2D eigenvalue weighted by molar-refractivity contribution is 0.247. The molecule has 0 saturated carbocycles. The number of para-hydroxylation sites is 2. The van der Waals surface area contributed by atoms with Gasteiger partial charge in [0.15, 0.2) is 0 Å². The standard InChI is InChI=1S/C24H25N3O4/c1-29-21-12-14-22(15-13-21)30-16-7-17-31-23-11-6-5-8-19(23)18-25-27-24(28)26-20-9-3-2-4-10-20/h2-6,8-15,18H,7,16-17H2,1H3,(H2,26,27,28)/b25-18-. The largest absolute Gasteiger partial charge is 0.497 e. The second-order valence-electron chi connectivity index (χ2n) is 6.45. The molecule has 160 valence electrons. The normalized spacial score (nSPS) is 10.5. The fourth-order valence-corrected chi connectivity index (χ4v) is 2.66. The number of nitrogens with zero attached hydrogens (tertiary/aromatic N) is 1. The van der Waals surface area contributed by atoms with Crippen molar-refractivity contribution in [3.05, 3.63) is 84.4 Å². The van der Waals surface area contributed by atoms with Crippen molar-refractivity contribution in [3.63, 3.8) is 0 Å². The summed E-state index contributed by atoms with van der Waals surface area (Å²) in [4.78, 5) is 11.9. The van der Waals surface area contributed by atoms with Crippen LogP contribution in [0.15, 0.2) is 84.0 Å². The Hall–Kier alpha value is -4.00. The maximum atomic E-state index is 11.9. The quantitative estimate of drug-likeness (QED) is 0.284. The van der Waals surface area contributed by atoms with Crippen LogP contribution in [0.2, 0.25) is 0 Å². The third kappa shape index (κ3) is 7.40. The maximum Gasteiger partial charge on any atom is 0.339 e. The summed E-state index contributed by atoms with van der Waals surface area (Å²) < 4.78 is 16.7. The molecule has 0 unspecified atom stereocenters. The number of ether oxygens (including phenoxy) is 3. The fraction of sp³-hybridized carbons (Fsp3) is 0.167. The van der Waals surface area contributed by atoms with Gasteiger partial charge in [0.25, 0.3) is 0 Å². The van der Waals surface area contributed by atoms with Crippen LogP contribution in [0.25, 0.3) is 0 Å². The van der Waals surface area contributed by atoms with Crippen LogP contribution in [0, 0.1) is 0 Å². The summed E-state index contributed by atoms with van der Waals surface area (Å²) in [6.07, 6.45) is 2.27. The minimum atomic E-state index is -0.420. The molecule has 0 bridgehead atoms. The molecule has 2 amide bonds. The fourth-order valence-electron chi connectivity index (χ4n) is 2.66. The van der Waals surface area contributed by atoms with Gasteiger partial charge < -0.3 is 19.5 Å². The van der Waals surface area contributed by atoms with Gasteiger partial charge in [-0.3, -0.25) is 0 Å². The first-order chi connectivity index (χ1) is 15.2. The zero-order valence-corrected chi connectivity index (χ0v) is 17.3. The van der Waals surface area contributed by atoms with Gasteiger partial charge in [0, 0.05) is 17.7 Å². The van der Waals surface area contributed by atoms with E-state index in [0.29, 0.717) is 24.7 Å². The molecule has 0 saturated heterocycles. The molecule has 7 heteroatoms. The van der Waals surface area contributed by atoms with E-state index in [2.05, 4.69) is 15.8 Å². The van der Waals surface area contributed by atoms with Crippen molar-refractivity contribution in [1.29, 1.82) is 0 Å². The van der Waals surface area contributed by atoms with Crippen LogP contribution in [-0.4, -0.2) is 32.6 Å². The number of rotatable bonds is 10. The first kappa shape index (κ1) is 21.7. The summed E-state index contributed by atoms with van der Waals surface area (Å²) in [5, 5.41) is 6.69. The molecular weight excluding hydrogens is 394 g/mol. The van der Waals surface area contributed by atoms with Crippen LogP contribution in [0.3, 0.4) is 0 Å². The van der Waals surface area contributed by atoms with Crippen molar-refractivity contribution in [1.82, 2.24) is 5.43 Å². The predicted octanol–water partition coefficient (Wildman–Crippen LogP) is 4.70. The third-order valence-electron chi connectivity index (χ3n) is 4.19. The van der Waals surface area contributed by atoms with E-state index in [-0.39, 0.29) is 0 Å². The van der Waals surface area contributed by atoms with E-state index >= 15 is 0 Å². The number of carbonyl (C=O) groups excluding carboxylic acids is 1. The zero-order valence-electron chi connectivity index (χ0n) is 17.3. The first-order valence-electron chi connectivity index (χ1n) is 9.88. The lowest BCUT2D eigenvalue weighted by atomic mass is 10.2. The molecule has 0 fully saturated rings. The van der Waals surface area contributed by atoms with Crippen LogP contribution >= 0.6 is 0 Å². The topological polar surface area (TPSA) is 81.2 Å². The Labute approximate surface area is 181 Å². The minimum absolute atomic E-state index is 0.420. The third-order valence-corrected chi connectivity index (χ3v) is 4.19. The maximum absolute atomic E-state index is 11.9. The van der Waals surface area contributed by atoms with Gasteiger partial charge in [-0.25, -0.2) is 10.2 Å². The van der Waals surface area contributed by atoms with E-state index in [9.17, 15) is 4.79 Å². The molecule has 0 heterocycles. The molecule has 31 heavy (non-hydrogen) atoms. The Bertz CT molecular complexity index is 976. The highest BCUT2D eigenvalue weighted by atomic mass is 16.5. The molecule has 3 rings (SSSR count). The van der Waals surface area contributed by atoms with E-state index in [1.165, 1.54) is 0 Å². The Morgan fingerprint density at radius 2 is 1.55 bits per heavy atom. The average Bonchev–Trinajstić information content (AvgIpc) is 2.81. The predicted molar refractivity (Wildman–Crippen MR) is 121 cm³/mol. The van der Waals surface area contributed by atoms with Gasteiger partial charge >= 0.3 is 6.03 Å². The summed E-state index contributed by atoms with van der Waals surface area (Å²) in [5.41, 5.74) is 3.90. The number of hydrazone groups is 1. The number of hydrogen-bond acceptors (Lipinski definition) is 5. The molecule has 0 aliphatic rings. The average molecular weight is 419 g/mol. The van der Waals surface area contributed by atoms with E-state index in [1.807, 2.05) is 66.7 Å². The molecule has 7 nitrogen and oxygen atoms in total. The van der Waals surface area contributed by atoms with Crippen LogP contribution in [0.4, 0.5) is 10.5 Å². The van der Waals surface area contributed by atoms with Crippen molar-refractivity contribution in [2.24, 2.45) is 5.10 Å². The summed E-state index contributed by atoms with van der Waals surface area (Å²) in [5.74, 6) is 2.26. The number of methoxy groups -OCH3 is 1. The molecular formula is C24H25N3O4. The molecule has 0 atom stereocenters. The number of urea groups is 1. The lowest BCUT2D eigenvalue weighted by Crippen LogP contribution is -2.24. The summed E-state index contributed by atoms with van der Waals surface area (Å²) in [6.45, 7) is 1.02. The highest BCUT2D eigenvalue weighted by Gasteiger charge is 2.03. The lowest BCUT2D eigenvalue weighted by Gasteiger charge is -2.10. The molecule has 2 N–H and O–H groups in total. The number of hydrogen-bond donors (Lipinski definition) is 2. The van der Waals surface area contributed by atoms with Crippen LogP contribution in [0.1, 0.15) is 12.0 Å². The molecule has 3 aromatic carbocycles. The monoisotopic (exact) mass is 419 g/mol. The van der Waals surface area contributed by atoms with Gasteiger partial charge in [-0.05, 0) is 48.5 Å². The van der Waals surface area contributed by atoms with Gasteiger partial charge in [-0.1, -0.05) is 30.3 Å². The van der Waals surface area contributed by atoms with Crippen LogP contribution < -0.4 is 25.0 Å². The number of nitrogens with one attached hydrogen (secondary N) is 2. The molecule has 0 aromatic heterocycles. The van der Waals surface area contributed by atoms with Crippen molar-refractivity contribution < 1.29 is 19.0 Å². The van der Waals surface area contributed by atoms with Crippen LogP contribution in [-0.2, 0) is 0 Å². The molecule has 0 aliphatic heterocycles. The molecule has 0 spiro atoms. The Morgan fingerprint density at radius 3 is 2.32 bits per heavy atom. The molecule has 3 aromatic rings. The van der Waals surface area contributed by atoms with Gasteiger partial charge in [-0.2, -0.15) is 5.10 Å². The highest BCUT2D eigenvalue weighted by molar-refractivity contribution is 5.90. The summed E-state index contributed by atoms with van der Waals surface area (Å²) in [6, 6.07) is 23.7. The van der Waals surface area contributed by atoms with E-state index in [0.717, 1.165) is 23.5 Å². The van der Waals surface area contributed by atoms with Gasteiger partial charge in [-0.15, -0.1) is 0 Å². The second-order valence-corrected chi connectivity index (χ2v) is 6.45. The van der Waals surface area contributed by atoms with Crippen molar-refractivity contribution in [3.8, 4) is 17.2 Å². The Balaban J connectivity index is 1.41. The first-order valence-corrected chi connectivity index (χ1v) is 9.88. The van der Waals surface area contributed by atoms with Crippen molar-refractivity contribution >= 4 is 17.9 Å². The number of benzene rings is 3. The molecule has 0 radical (unpaired) electrons. The SMILES string of the molecule is COc1ccc(OCCCOc2ccccc2/C=N\NC(=O)Nc2ccccc2)cc1. The Kier molecular flexibility index (Phi) is 8.31. The van der Waals surface area contributed by atoms with E-state index < -0.39 is 6.03 Å². The smallest absolute Gasteiger partial charge is 0.339 e. The van der Waals surface area contributed by atoms with Crippen molar-refractivity contribution in [2.75, 3.05) is 25.6 Å². The highest BCUT2D eigenvalue weighted by Crippen LogP contribution is 2.18. The number of carbonyl (C=O) groups is 1. The second kappa shape index (κ2) is 11.9. The van der Waals surface area contributed by atoms with Gasteiger partial charge in [0.1, 0.15) is 17.2 Å². The molecule has 0 aliphatic carbocycles. The Morgan fingerprint density at radius 1 is 0.871 bits per heavy atom. The number of amides is 2. The van der Waals surface area contributed by atoms with E-state index in [1.54, 1.807) is 25.5 Å². The summed E-state index contributed by atoms with van der Waals surface area (Å²) in [7, 11) is 1.63. The minimum Gasteiger partial charge on any atom is -0.497 e. The van der Waals surface area contributed by atoms with E-state index in [4.69, 9.17) is 14.2 Å². The zero-order chi connectivity index (χ0) is 21.7. The van der Waals surface area contributed by atoms with Gasteiger partial charge in [0.05, 0.1) is 26.5 Å². The van der Waals surface area contributed by atoms with Crippen LogP contribution in [0.5, 0.6) is 17.2 Å².